The number of fused-ring (bicyclic) bond motifs is 1. The zero-order chi connectivity index (χ0) is 20.2. The quantitative estimate of drug-likeness (QED) is 0.802. The van der Waals surface area contributed by atoms with Crippen molar-refractivity contribution in [2.45, 2.75) is 31.7 Å². The predicted molar refractivity (Wildman–Crippen MR) is 104 cm³/mol. The molecule has 1 N–H and O–H groups in total. The summed E-state index contributed by atoms with van der Waals surface area (Å²) in [6.45, 7) is 1.23. The van der Waals surface area contributed by atoms with Crippen LogP contribution in [0.2, 0.25) is 5.15 Å². The van der Waals surface area contributed by atoms with Crippen LogP contribution in [0.3, 0.4) is 0 Å². The molecule has 2 aromatic rings. The van der Waals surface area contributed by atoms with E-state index in [9.17, 15) is 9.59 Å². The Kier molecular flexibility index (Phi) is 5.92. The van der Waals surface area contributed by atoms with Gasteiger partial charge >= 0.3 is 6.09 Å². The molecule has 3 atom stereocenters. The minimum absolute atomic E-state index is 0.120. The minimum Gasteiger partial charge on any atom is -0.445 e. The van der Waals surface area contributed by atoms with Gasteiger partial charge in [-0.3, -0.25) is 14.7 Å². The van der Waals surface area contributed by atoms with Gasteiger partial charge in [-0.2, -0.15) is 0 Å². The Bertz CT molecular complexity index is 882. The molecular weight excluding hydrogens is 396 g/mol. The predicted octanol–water partition coefficient (Wildman–Crippen LogP) is 2.17. The van der Waals surface area contributed by atoms with Crippen molar-refractivity contribution in [3.63, 3.8) is 0 Å². The molecule has 0 bridgehead atoms. The topological polar surface area (TPSA) is 93.6 Å². The van der Waals surface area contributed by atoms with Gasteiger partial charge in [0, 0.05) is 18.3 Å². The van der Waals surface area contributed by atoms with E-state index in [2.05, 4.69) is 15.3 Å². The van der Waals surface area contributed by atoms with E-state index in [0.717, 1.165) is 5.56 Å². The molecule has 0 spiro atoms. The van der Waals surface area contributed by atoms with Crippen LogP contribution in [0.25, 0.3) is 0 Å². The van der Waals surface area contributed by atoms with Crippen LogP contribution < -0.4 is 5.32 Å². The largest absolute Gasteiger partial charge is 0.445 e. The fourth-order valence-corrected chi connectivity index (χ4v) is 3.97. The summed E-state index contributed by atoms with van der Waals surface area (Å²) in [5, 5.41) is 3.05. The van der Waals surface area contributed by atoms with Crippen LogP contribution >= 0.6 is 11.6 Å². The highest BCUT2D eigenvalue weighted by Gasteiger charge is 2.50. The Labute approximate surface area is 173 Å². The van der Waals surface area contributed by atoms with Gasteiger partial charge in [0.1, 0.15) is 12.6 Å². The molecule has 3 heterocycles. The first-order valence-electron chi connectivity index (χ1n) is 9.43. The highest BCUT2D eigenvalue weighted by atomic mass is 35.5. The molecule has 152 valence electrons. The molecule has 2 fully saturated rings. The van der Waals surface area contributed by atoms with E-state index >= 15 is 0 Å². The zero-order valence-electron chi connectivity index (χ0n) is 15.7. The molecule has 2 saturated heterocycles. The van der Waals surface area contributed by atoms with Gasteiger partial charge in [0.2, 0.25) is 5.91 Å². The van der Waals surface area contributed by atoms with Crippen molar-refractivity contribution in [2.24, 2.45) is 5.92 Å². The van der Waals surface area contributed by atoms with Crippen molar-refractivity contribution in [3.05, 3.63) is 59.1 Å². The van der Waals surface area contributed by atoms with Gasteiger partial charge in [-0.05, 0) is 12.0 Å². The van der Waals surface area contributed by atoms with E-state index < -0.39 is 12.1 Å². The minimum atomic E-state index is -0.618. The first-order chi connectivity index (χ1) is 14.1. The van der Waals surface area contributed by atoms with Gasteiger partial charge in [-0.25, -0.2) is 9.78 Å². The zero-order valence-corrected chi connectivity index (χ0v) is 16.4. The third-order valence-electron chi connectivity index (χ3n) is 5.26. The second kappa shape index (κ2) is 8.75. The first-order valence-corrected chi connectivity index (χ1v) is 9.81. The fraction of sp³-hybridized carbons (Fsp3) is 0.400. The number of amides is 2. The molecule has 2 aliphatic heterocycles. The number of benzene rings is 1. The number of halogens is 1. The van der Waals surface area contributed by atoms with Gasteiger partial charge < -0.3 is 14.8 Å². The maximum Gasteiger partial charge on any atom is 0.411 e. The highest BCUT2D eigenvalue weighted by molar-refractivity contribution is 6.29. The Morgan fingerprint density at radius 3 is 2.79 bits per heavy atom. The molecule has 2 aliphatic rings. The molecule has 9 heteroatoms. The van der Waals surface area contributed by atoms with E-state index in [4.69, 9.17) is 21.1 Å². The van der Waals surface area contributed by atoms with Crippen LogP contribution in [0.15, 0.2) is 42.7 Å². The van der Waals surface area contributed by atoms with Crippen LogP contribution in [-0.4, -0.2) is 52.2 Å². The van der Waals surface area contributed by atoms with Gasteiger partial charge in [0.05, 0.1) is 31.5 Å². The Hall–Kier alpha value is -2.71. The third-order valence-corrected chi connectivity index (χ3v) is 5.57. The second-order valence-electron chi connectivity index (χ2n) is 7.08. The van der Waals surface area contributed by atoms with Crippen LogP contribution in [-0.2, 0) is 27.4 Å². The molecule has 1 aromatic heterocycles. The SMILES string of the molecule is O=C(NCc1nccnc1Cl)[C@@H]1C[C@H]2COC[C@H]2N1C(=O)OCc1ccccc1. The lowest BCUT2D eigenvalue weighted by Crippen LogP contribution is -2.49. The lowest BCUT2D eigenvalue weighted by atomic mass is 10.0. The van der Waals surface area contributed by atoms with Gasteiger partial charge in [-0.15, -0.1) is 0 Å². The van der Waals surface area contributed by atoms with Crippen molar-refractivity contribution in [2.75, 3.05) is 13.2 Å². The van der Waals surface area contributed by atoms with Crippen molar-refractivity contribution in [3.8, 4) is 0 Å². The number of rotatable bonds is 5. The standard InChI is InChI=1S/C20H21ClN4O4/c21-18-15(22-6-7-23-18)9-24-19(26)16-8-14-11-28-12-17(14)25(16)20(27)29-10-13-4-2-1-3-5-13/h1-7,14,16-17H,8-12H2,(H,24,26)/t14-,16-,17+/m0/s1. The number of likely N-dealkylation sites (tertiary alicyclic amines) is 1. The number of carbonyl (C=O) groups is 2. The van der Waals surface area contributed by atoms with Crippen molar-refractivity contribution in [1.29, 1.82) is 0 Å². The Morgan fingerprint density at radius 2 is 2.00 bits per heavy atom. The van der Waals surface area contributed by atoms with E-state index in [1.807, 2.05) is 30.3 Å². The number of nitrogens with one attached hydrogen (secondary N) is 1. The summed E-state index contributed by atoms with van der Waals surface area (Å²) in [7, 11) is 0. The maximum absolute atomic E-state index is 12.9. The van der Waals surface area contributed by atoms with E-state index in [-0.39, 0.29) is 36.2 Å². The van der Waals surface area contributed by atoms with Crippen LogP contribution in [0.4, 0.5) is 4.79 Å². The van der Waals surface area contributed by atoms with E-state index in [0.29, 0.717) is 25.3 Å². The maximum atomic E-state index is 12.9. The third kappa shape index (κ3) is 4.33. The van der Waals surface area contributed by atoms with Crippen LogP contribution in [0, 0.1) is 5.92 Å². The summed E-state index contributed by atoms with van der Waals surface area (Å²) < 4.78 is 11.0. The Morgan fingerprint density at radius 1 is 1.21 bits per heavy atom. The van der Waals surface area contributed by atoms with Crippen molar-refractivity contribution < 1.29 is 19.1 Å². The molecule has 1 aromatic carbocycles. The van der Waals surface area contributed by atoms with Crippen molar-refractivity contribution in [1.82, 2.24) is 20.2 Å². The number of aromatic nitrogens is 2. The van der Waals surface area contributed by atoms with E-state index in [1.54, 1.807) is 0 Å². The number of nitrogens with zero attached hydrogens (tertiary/aromatic N) is 3. The molecular formula is C20H21ClN4O4. The number of carbonyl (C=O) groups excluding carboxylic acids is 2. The van der Waals surface area contributed by atoms with Gasteiger partial charge in [0.25, 0.3) is 0 Å². The molecule has 0 aliphatic carbocycles. The van der Waals surface area contributed by atoms with Gasteiger partial charge in [0.15, 0.2) is 5.15 Å². The summed E-state index contributed by atoms with van der Waals surface area (Å²) in [5.74, 6) is -0.145. The lowest BCUT2D eigenvalue weighted by Gasteiger charge is -2.27. The summed E-state index contributed by atoms with van der Waals surface area (Å²) in [4.78, 5) is 35.3. The highest BCUT2D eigenvalue weighted by Crippen LogP contribution is 2.35. The molecule has 8 nitrogen and oxygen atoms in total. The number of ether oxygens (including phenoxy) is 2. The molecule has 2 amide bonds. The molecule has 0 radical (unpaired) electrons. The van der Waals surface area contributed by atoms with E-state index in [1.165, 1.54) is 17.3 Å². The first kappa shape index (κ1) is 19.6. The summed E-state index contributed by atoms with van der Waals surface area (Å²) in [6, 6.07) is 8.65. The van der Waals surface area contributed by atoms with Crippen LogP contribution in [0.5, 0.6) is 0 Å². The molecule has 4 rings (SSSR count). The summed E-state index contributed by atoms with van der Waals surface area (Å²) in [5.41, 5.74) is 1.36. The lowest BCUT2D eigenvalue weighted by molar-refractivity contribution is -0.126. The Balaban J connectivity index is 1.42. The fourth-order valence-electron chi connectivity index (χ4n) is 3.80. The molecule has 0 unspecified atom stereocenters. The average Bonchev–Trinajstić information content (AvgIpc) is 3.33. The number of hydrogen-bond donors (Lipinski definition) is 1. The summed E-state index contributed by atoms with van der Waals surface area (Å²) in [6.07, 6.45) is 3.02. The normalized spacial score (nSPS) is 22.9. The smallest absolute Gasteiger partial charge is 0.411 e. The second-order valence-corrected chi connectivity index (χ2v) is 7.43. The molecule has 0 saturated carbocycles. The van der Waals surface area contributed by atoms with Gasteiger partial charge in [-0.1, -0.05) is 41.9 Å². The average molecular weight is 417 g/mol. The monoisotopic (exact) mass is 416 g/mol. The molecule has 29 heavy (non-hydrogen) atoms. The van der Waals surface area contributed by atoms with Crippen LogP contribution in [0.1, 0.15) is 17.7 Å². The number of hydrogen-bond acceptors (Lipinski definition) is 6. The van der Waals surface area contributed by atoms with Crippen molar-refractivity contribution >= 4 is 23.6 Å². The summed E-state index contributed by atoms with van der Waals surface area (Å²) >= 11 is 6.00.